The van der Waals surface area contributed by atoms with Crippen molar-refractivity contribution in [1.29, 1.82) is 0 Å². The van der Waals surface area contributed by atoms with Crippen molar-refractivity contribution in [2.45, 2.75) is 50.5 Å². The van der Waals surface area contributed by atoms with Gasteiger partial charge in [-0.25, -0.2) is 4.98 Å². The third kappa shape index (κ3) is 2.11. The number of nitrogen functional groups attached to an aromatic ring is 1. The van der Waals surface area contributed by atoms with Crippen molar-refractivity contribution >= 4 is 5.95 Å². The van der Waals surface area contributed by atoms with Crippen LogP contribution < -0.4 is 5.73 Å². The molecule has 2 aliphatic rings. The van der Waals surface area contributed by atoms with Gasteiger partial charge in [0.15, 0.2) is 5.82 Å². The number of rotatable bonds is 2. The largest absolute Gasteiger partial charge is 0.368 e. The number of aromatic nitrogens is 3. The predicted octanol–water partition coefficient (Wildman–Crippen LogP) is 1.75. The lowest BCUT2D eigenvalue weighted by molar-refractivity contribution is -0.0762. The van der Waals surface area contributed by atoms with Crippen LogP contribution in [0.1, 0.15) is 56.6 Å². The molecule has 1 aromatic rings. The second-order valence-electron chi connectivity index (χ2n) is 5.19. The lowest BCUT2D eigenvalue weighted by Gasteiger charge is -2.32. The molecule has 2 heterocycles. The van der Waals surface area contributed by atoms with E-state index in [0.29, 0.717) is 17.7 Å². The Kier molecular flexibility index (Phi) is 2.50. The van der Waals surface area contributed by atoms with Crippen molar-refractivity contribution in [1.82, 2.24) is 15.0 Å². The molecule has 0 spiro atoms. The topological polar surface area (TPSA) is 73.9 Å². The van der Waals surface area contributed by atoms with E-state index < -0.39 is 0 Å². The Morgan fingerprint density at radius 1 is 1.24 bits per heavy atom. The Labute approximate surface area is 101 Å². The van der Waals surface area contributed by atoms with E-state index in [-0.39, 0.29) is 5.60 Å². The number of hydrogen-bond acceptors (Lipinski definition) is 5. The van der Waals surface area contributed by atoms with Gasteiger partial charge in [0, 0.05) is 12.5 Å². The SMILES string of the molecule is CC1(c2nc(N)nc(C3CC3)n2)CCCCO1. The fourth-order valence-electron chi connectivity index (χ4n) is 2.28. The summed E-state index contributed by atoms with van der Waals surface area (Å²) in [5, 5.41) is 0. The van der Waals surface area contributed by atoms with Crippen LogP contribution in [0.2, 0.25) is 0 Å². The molecule has 1 saturated carbocycles. The second-order valence-corrected chi connectivity index (χ2v) is 5.19. The number of nitrogens with zero attached hydrogens (tertiary/aromatic N) is 3. The molecule has 1 aromatic heterocycles. The molecule has 1 saturated heterocycles. The molecule has 0 bridgehead atoms. The van der Waals surface area contributed by atoms with Gasteiger partial charge in [0.05, 0.1) is 0 Å². The van der Waals surface area contributed by atoms with E-state index >= 15 is 0 Å². The Hall–Kier alpha value is -1.23. The van der Waals surface area contributed by atoms with Gasteiger partial charge in [-0.15, -0.1) is 0 Å². The van der Waals surface area contributed by atoms with Crippen molar-refractivity contribution in [2.75, 3.05) is 12.3 Å². The minimum absolute atomic E-state index is 0.326. The molecule has 2 fully saturated rings. The lowest BCUT2D eigenvalue weighted by Crippen LogP contribution is -2.33. The first-order chi connectivity index (χ1) is 8.17. The maximum Gasteiger partial charge on any atom is 0.223 e. The Balaban J connectivity index is 1.95. The first kappa shape index (κ1) is 10.9. The third-order valence-corrected chi connectivity index (χ3v) is 3.55. The molecule has 92 valence electrons. The van der Waals surface area contributed by atoms with E-state index in [1.54, 1.807) is 0 Å². The van der Waals surface area contributed by atoms with Crippen LogP contribution in [-0.2, 0) is 10.3 Å². The van der Waals surface area contributed by atoms with E-state index in [1.807, 2.05) is 0 Å². The molecule has 5 nitrogen and oxygen atoms in total. The van der Waals surface area contributed by atoms with Crippen LogP contribution in [-0.4, -0.2) is 21.6 Å². The maximum absolute atomic E-state index is 5.85. The van der Waals surface area contributed by atoms with Gasteiger partial charge in [0.1, 0.15) is 11.4 Å². The van der Waals surface area contributed by atoms with Crippen molar-refractivity contribution in [3.63, 3.8) is 0 Å². The molecule has 17 heavy (non-hydrogen) atoms. The standard InChI is InChI=1S/C12H18N4O/c1-12(6-2-3-7-17-12)10-14-9(8-4-5-8)15-11(13)16-10/h8H,2-7H2,1H3,(H2,13,14,15,16). The zero-order valence-electron chi connectivity index (χ0n) is 10.1. The maximum atomic E-state index is 5.85. The van der Waals surface area contributed by atoms with Crippen molar-refractivity contribution < 1.29 is 4.74 Å². The quantitative estimate of drug-likeness (QED) is 0.843. The van der Waals surface area contributed by atoms with Gasteiger partial charge in [-0.1, -0.05) is 0 Å². The molecule has 1 unspecified atom stereocenters. The minimum Gasteiger partial charge on any atom is -0.368 e. The smallest absolute Gasteiger partial charge is 0.223 e. The first-order valence-electron chi connectivity index (χ1n) is 6.33. The van der Waals surface area contributed by atoms with Crippen molar-refractivity contribution in [3.8, 4) is 0 Å². The number of anilines is 1. The van der Waals surface area contributed by atoms with Crippen LogP contribution >= 0.6 is 0 Å². The summed E-state index contributed by atoms with van der Waals surface area (Å²) in [6.07, 6.45) is 5.56. The summed E-state index contributed by atoms with van der Waals surface area (Å²) in [6.45, 7) is 2.83. The van der Waals surface area contributed by atoms with Crippen LogP contribution in [0.4, 0.5) is 5.95 Å². The van der Waals surface area contributed by atoms with E-state index in [9.17, 15) is 0 Å². The summed E-state index contributed by atoms with van der Waals surface area (Å²) < 4.78 is 5.85. The summed E-state index contributed by atoms with van der Waals surface area (Å²) >= 11 is 0. The molecule has 1 aliphatic heterocycles. The van der Waals surface area contributed by atoms with Gasteiger partial charge in [-0.2, -0.15) is 9.97 Å². The molecule has 0 amide bonds. The second kappa shape index (κ2) is 3.91. The number of nitrogens with two attached hydrogens (primary N) is 1. The summed E-state index contributed by atoms with van der Waals surface area (Å²) in [4.78, 5) is 13.1. The fraction of sp³-hybridized carbons (Fsp3) is 0.750. The van der Waals surface area contributed by atoms with Crippen molar-refractivity contribution in [3.05, 3.63) is 11.6 Å². The highest BCUT2D eigenvalue weighted by atomic mass is 16.5. The molecule has 0 radical (unpaired) electrons. The van der Waals surface area contributed by atoms with Gasteiger partial charge in [0.25, 0.3) is 0 Å². The molecular weight excluding hydrogens is 216 g/mol. The van der Waals surface area contributed by atoms with E-state index in [1.165, 1.54) is 12.8 Å². The molecular formula is C12H18N4O. The highest BCUT2D eigenvalue weighted by Gasteiger charge is 2.35. The third-order valence-electron chi connectivity index (χ3n) is 3.55. The van der Waals surface area contributed by atoms with E-state index in [2.05, 4.69) is 21.9 Å². The Morgan fingerprint density at radius 2 is 2.06 bits per heavy atom. The average Bonchev–Trinajstić information content (AvgIpc) is 3.13. The zero-order valence-corrected chi connectivity index (χ0v) is 10.1. The summed E-state index contributed by atoms with van der Waals surface area (Å²) in [6, 6.07) is 0. The highest BCUT2D eigenvalue weighted by Crippen LogP contribution is 2.39. The van der Waals surface area contributed by atoms with Crippen LogP contribution in [0.5, 0.6) is 0 Å². The molecule has 2 N–H and O–H groups in total. The van der Waals surface area contributed by atoms with Gasteiger partial charge in [-0.3, -0.25) is 0 Å². The van der Waals surface area contributed by atoms with E-state index in [0.717, 1.165) is 31.7 Å². The van der Waals surface area contributed by atoms with Gasteiger partial charge >= 0.3 is 0 Å². The predicted molar refractivity (Wildman–Crippen MR) is 63.4 cm³/mol. The molecule has 3 rings (SSSR count). The highest BCUT2D eigenvalue weighted by molar-refractivity contribution is 5.21. The molecule has 0 aromatic carbocycles. The Morgan fingerprint density at radius 3 is 2.71 bits per heavy atom. The van der Waals surface area contributed by atoms with Gasteiger partial charge < -0.3 is 10.5 Å². The van der Waals surface area contributed by atoms with Crippen LogP contribution in [0, 0.1) is 0 Å². The molecule has 1 aliphatic carbocycles. The summed E-state index contributed by atoms with van der Waals surface area (Å²) in [5.41, 5.74) is 5.40. The Bertz CT molecular complexity index is 425. The van der Waals surface area contributed by atoms with Crippen molar-refractivity contribution in [2.24, 2.45) is 0 Å². The van der Waals surface area contributed by atoms with Gasteiger partial charge in [-0.05, 0) is 39.0 Å². The fourth-order valence-corrected chi connectivity index (χ4v) is 2.28. The first-order valence-corrected chi connectivity index (χ1v) is 6.33. The van der Waals surface area contributed by atoms with E-state index in [4.69, 9.17) is 10.5 Å². The summed E-state index contributed by atoms with van der Waals surface area (Å²) in [7, 11) is 0. The van der Waals surface area contributed by atoms with Crippen LogP contribution in [0.25, 0.3) is 0 Å². The zero-order chi connectivity index (χ0) is 11.9. The summed E-state index contributed by atoms with van der Waals surface area (Å²) in [5.74, 6) is 2.38. The monoisotopic (exact) mass is 234 g/mol. The number of ether oxygens (including phenoxy) is 1. The minimum atomic E-state index is -0.376. The number of hydrogen-bond donors (Lipinski definition) is 1. The average molecular weight is 234 g/mol. The van der Waals surface area contributed by atoms with Crippen LogP contribution in [0.3, 0.4) is 0 Å². The van der Waals surface area contributed by atoms with Crippen LogP contribution in [0.15, 0.2) is 0 Å². The molecule has 5 heteroatoms. The molecule has 1 atom stereocenters. The van der Waals surface area contributed by atoms with Gasteiger partial charge in [0.2, 0.25) is 5.95 Å². The normalized spacial score (nSPS) is 29.2. The lowest BCUT2D eigenvalue weighted by atomic mass is 9.95.